The molecular formula is C12H17ClN2O. The van der Waals surface area contributed by atoms with E-state index in [1.807, 2.05) is 6.92 Å². The number of hydrogen-bond donors (Lipinski definition) is 1. The lowest BCUT2D eigenvalue weighted by Gasteiger charge is -1.98. The zero-order valence-corrected chi connectivity index (χ0v) is 10.4. The third kappa shape index (κ3) is 2.36. The van der Waals surface area contributed by atoms with Crippen LogP contribution in [0.3, 0.4) is 0 Å². The molecule has 0 aliphatic heterocycles. The Morgan fingerprint density at radius 2 is 2.06 bits per heavy atom. The molecule has 1 aromatic heterocycles. The number of nitrogens with two attached hydrogens (primary N) is 1. The molecule has 0 saturated heterocycles. The van der Waals surface area contributed by atoms with E-state index < -0.39 is 0 Å². The standard InChI is InChI=1S/C12H16N2O.ClH/c1-8-6-9(2)12-10(7-8)11(14-15-12)4-3-5-13;/h6-7H,3-5,13H2,1-2H3;1H. The van der Waals surface area contributed by atoms with Gasteiger partial charge in [-0.15, -0.1) is 12.4 Å². The molecule has 0 aliphatic carbocycles. The van der Waals surface area contributed by atoms with Crippen LogP contribution < -0.4 is 5.73 Å². The summed E-state index contributed by atoms with van der Waals surface area (Å²) in [5, 5.41) is 5.24. The second-order valence-corrected chi connectivity index (χ2v) is 3.98. The van der Waals surface area contributed by atoms with Crippen LogP contribution in [0.1, 0.15) is 23.2 Å². The van der Waals surface area contributed by atoms with Crippen molar-refractivity contribution in [3.05, 3.63) is 29.0 Å². The van der Waals surface area contributed by atoms with E-state index in [2.05, 4.69) is 24.2 Å². The van der Waals surface area contributed by atoms with Crippen molar-refractivity contribution < 1.29 is 4.52 Å². The molecule has 0 radical (unpaired) electrons. The summed E-state index contributed by atoms with van der Waals surface area (Å²) >= 11 is 0. The molecule has 3 nitrogen and oxygen atoms in total. The first-order valence-electron chi connectivity index (χ1n) is 5.28. The summed E-state index contributed by atoms with van der Waals surface area (Å²) in [5.74, 6) is 0. The van der Waals surface area contributed by atoms with Crippen molar-refractivity contribution in [3.8, 4) is 0 Å². The van der Waals surface area contributed by atoms with E-state index in [0.29, 0.717) is 6.54 Å². The topological polar surface area (TPSA) is 52.0 Å². The zero-order valence-electron chi connectivity index (χ0n) is 9.62. The Hall–Kier alpha value is -1.06. The van der Waals surface area contributed by atoms with Crippen molar-refractivity contribution in [2.24, 2.45) is 5.73 Å². The van der Waals surface area contributed by atoms with Gasteiger partial charge < -0.3 is 10.3 Å². The molecule has 1 aromatic carbocycles. The fourth-order valence-corrected chi connectivity index (χ4v) is 1.89. The van der Waals surface area contributed by atoms with E-state index in [1.165, 1.54) is 5.56 Å². The summed E-state index contributed by atoms with van der Waals surface area (Å²) in [4.78, 5) is 0. The van der Waals surface area contributed by atoms with E-state index in [1.54, 1.807) is 0 Å². The third-order valence-corrected chi connectivity index (χ3v) is 2.59. The quantitative estimate of drug-likeness (QED) is 0.898. The fraction of sp³-hybridized carbons (Fsp3) is 0.417. The Bertz CT molecular complexity index is 479. The van der Waals surface area contributed by atoms with Gasteiger partial charge in [-0.2, -0.15) is 0 Å². The molecule has 88 valence electrons. The number of hydrogen-bond acceptors (Lipinski definition) is 3. The second kappa shape index (κ2) is 5.32. The molecule has 0 unspecified atom stereocenters. The lowest BCUT2D eigenvalue weighted by atomic mass is 10.1. The average molecular weight is 241 g/mol. The van der Waals surface area contributed by atoms with Crippen LogP contribution >= 0.6 is 12.4 Å². The average Bonchev–Trinajstić information content (AvgIpc) is 2.58. The predicted molar refractivity (Wildman–Crippen MR) is 68.1 cm³/mol. The van der Waals surface area contributed by atoms with Crippen molar-refractivity contribution >= 4 is 23.4 Å². The number of benzene rings is 1. The summed E-state index contributed by atoms with van der Waals surface area (Å²) in [7, 11) is 0. The zero-order chi connectivity index (χ0) is 10.8. The van der Waals surface area contributed by atoms with Crippen LogP contribution in [0.4, 0.5) is 0 Å². The first-order valence-corrected chi connectivity index (χ1v) is 5.28. The maximum Gasteiger partial charge on any atom is 0.170 e. The second-order valence-electron chi connectivity index (χ2n) is 3.98. The molecule has 0 aliphatic rings. The van der Waals surface area contributed by atoms with Crippen LogP contribution in [0.2, 0.25) is 0 Å². The highest BCUT2D eigenvalue weighted by molar-refractivity contribution is 5.85. The molecule has 2 rings (SSSR count). The molecule has 0 atom stereocenters. The number of aryl methyl sites for hydroxylation is 3. The van der Waals surface area contributed by atoms with Gasteiger partial charge in [0.05, 0.1) is 5.69 Å². The van der Waals surface area contributed by atoms with Crippen LogP contribution in [0.15, 0.2) is 16.7 Å². The van der Waals surface area contributed by atoms with Gasteiger partial charge >= 0.3 is 0 Å². The van der Waals surface area contributed by atoms with Crippen LogP contribution in [-0.4, -0.2) is 11.7 Å². The highest BCUT2D eigenvalue weighted by Crippen LogP contribution is 2.24. The highest BCUT2D eigenvalue weighted by Gasteiger charge is 2.10. The van der Waals surface area contributed by atoms with E-state index in [9.17, 15) is 0 Å². The minimum atomic E-state index is 0. The molecule has 0 spiro atoms. The molecule has 1 heterocycles. The lowest BCUT2D eigenvalue weighted by molar-refractivity contribution is 0.443. The minimum Gasteiger partial charge on any atom is -0.356 e. The summed E-state index contributed by atoms with van der Waals surface area (Å²) in [5.41, 5.74) is 9.83. The molecular weight excluding hydrogens is 224 g/mol. The van der Waals surface area contributed by atoms with Crippen molar-refractivity contribution in [3.63, 3.8) is 0 Å². The van der Waals surface area contributed by atoms with Crippen LogP contribution in [0.5, 0.6) is 0 Å². The number of rotatable bonds is 3. The van der Waals surface area contributed by atoms with Crippen LogP contribution in [0.25, 0.3) is 11.0 Å². The van der Waals surface area contributed by atoms with Crippen molar-refractivity contribution in [2.75, 3.05) is 6.54 Å². The van der Waals surface area contributed by atoms with Gasteiger partial charge in [0.15, 0.2) is 5.58 Å². The number of halogens is 1. The Balaban J connectivity index is 0.00000128. The molecule has 2 N–H and O–H groups in total. The van der Waals surface area contributed by atoms with Gasteiger partial charge in [-0.25, -0.2) is 0 Å². The number of nitrogens with zero attached hydrogens (tertiary/aromatic N) is 1. The Morgan fingerprint density at radius 3 is 2.75 bits per heavy atom. The Kier molecular flexibility index (Phi) is 4.33. The molecule has 0 saturated carbocycles. The van der Waals surface area contributed by atoms with Gasteiger partial charge in [-0.05, 0) is 50.4 Å². The molecule has 16 heavy (non-hydrogen) atoms. The van der Waals surface area contributed by atoms with E-state index in [-0.39, 0.29) is 12.4 Å². The van der Waals surface area contributed by atoms with Gasteiger partial charge in [-0.3, -0.25) is 0 Å². The normalized spacial score (nSPS) is 10.4. The monoisotopic (exact) mass is 240 g/mol. The first kappa shape index (κ1) is 13.0. The maximum atomic E-state index is 5.49. The predicted octanol–water partition coefficient (Wildman–Crippen LogP) is 2.76. The maximum absolute atomic E-state index is 5.49. The summed E-state index contributed by atoms with van der Waals surface area (Å²) in [6.07, 6.45) is 1.85. The van der Waals surface area contributed by atoms with Crippen molar-refractivity contribution in [1.29, 1.82) is 0 Å². The Morgan fingerprint density at radius 1 is 1.31 bits per heavy atom. The van der Waals surface area contributed by atoms with E-state index in [0.717, 1.165) is 35.1 Å². The molecule has 0 amide bonds. The summed E-state index contributed by atoms with van der Waals surface area (Å²) < 4.78 is 5.34. The number of fused-ring (bicyclic) bond motifs is 1. The van der Waals surface area contributed by atoms with Gasteiger partial charge in [-0.1, -0.05) is 11.2 Å². The Labute approximate surface area is 101 Å². The van der Waals surface area contributed by atoms with Gasteiger partial charge in [0.2, 0.25) is 0 Å². The smallest absolute Gasteiger partial charge is 0.170 e. The van der Waals surface area contributed by atoms with Crippen molar-refractivity contribution in [2.45, 2.75) is 26.7 Å². The van der Waals surface area contributed by atoms with E-state index in [4.69, 9.17) is 10.3 Å². The van der Waals surface area contributed by atoms with Crippen molar-refractivity contribution in [1.82, 2.24) is 5.16 Å². The van der Waals surface area contributed by atoms with E-state index >= 15 is 0 Å². The van der Waals surface area contributed by atoms with Gasteiger partial charge in [0.1, 0.15) is 0 Å². The highest BCUT2D eigenvalue weighted by atomic mass is 35.5. The van der Waals surface area contributed by atoms with Gasteiger partial charge in [0.25, 0.3) is 0 Å². The molecule has 0 fully saturated rings. The molecule has 0 bridgehead atoms. The van der Waals surface area contributed by atoms with Gasteiger partial charge in [0, 0.05) is 5.39 Å². The SMILES string of the molecule is Cc1cc(C)c2onc(CCCN)c2c1.Cl. The molecule has 2 aromatic rings. The summed E-state index contributed by atoms with van der Waals surface area (Å²) in [6.45, 7) is 4.83. The third-order valence-electron chi connectivity index (χ3n) is 2.59. The van der Waals surface area contributed by atoms with Crippen LogP contribution in [0, 0.1) is 13.8 Å². The minimum absolute atomic E-state index is 0. The number of aromatic nitrogens is 1. The summed E-state index contributed by atoms with van der Waals surface area (Å²) in [6, 6.07) is 4.24. The molecule has 4 heteroatoms. The first-order chi connectivity index (χ1) is 7.22. The lowest BCUT2D eigenvalue weighted by Crippen LogP contribution is -2.00. The van der Waals surface area contributed by atoms with Crippen LogP contribution in [-0.2, 0) is 6.42 Å². The largest absolute Gasteiger partial charge is 0.356 e. The fourth-order valence-electron chi connectivity index (χ4n) is 1.89.